The van der Waals surface area contributed by atoms with Gasteiger partial charge in [0.1, 0.15) is 0 Å². The van der Waals surface area contributed by atoms with E-state index in [1.165, 1.54) is 22.6 Å². The molecule has 0 aromatic carbocycles. The number of aliphatic carboxylic acids is 2. The van der Waals surface area contributed by atoms with Crippen LogP contribution in [0.4, 0.5) is 26.3 Å². The Bertz CT molecular complexity index is 759. The summed E-state index contributed by atoms with van der Waals surface area (Å²) in [6, 6.07) is 5.67. The van der Waals surface area contributed by atoms with E-state index in [-0.39, 0.29) is 0 Å². The van der Waals surface area contributed by atoms with E-state index in [9.17, 15) is 26.3 Å². The van der Waals surface area contributed by atoms with Gasteiger partial charge >= 0.3 is 24.3 Å². The van der Waals surface area contributed by atoms with Crippen molar-refractivity contribution < 1.29 is 50.9 Å². The predicted octanol–water partition coefficient (Wildman–Crippen LogP) is 3.62. The summed E-state index contributed by atoms with van der Waals surface area (Å²) in [6.07, 6.45) is -7.26. The molecule has 0 bridgehead atoms. The van der Waals surface area contributed by atoms with Crippen LogP contribution in [-0.2, 0) is 20.9 Å². The molecule has 33 heavy (non-hydrogen) atoms. The molecule has 0 unspecified atom stereocenters. The van der Waals surface area contributed by atoms with E-state index in [2.05, 4.69) is 43.0 Å². The van der Waals surface area contributed by atoms with Gasteiger partial charge in [-0.05, 0) is 46.0 Å². The van der Waals surface area contributed by atoms with Crippen LogP contribution in [-0.4, -0.2) is 89.7 Å². The van der Waals surface area contributed by atoms with Crippen LogP contribution in [0.2, 0.25) is 0 Å². The smallest absolute Gasteiger partial charge is 0.475 e. The first-order chi connectivity index (χ1) is 15.0. The number of carboxylic acids is 2. The highest BCUT2D eigenvalue weighted by Gasteiger charge is 2.44. The Labute approximate surface area is 190 Å². The molecule has 1 aromatic heterocycles. The number of aryl methyl sites for hydroxylation is 1. The molecule has 0 saturated carbocycles. The summed E-state index contributed by atoms with van der Waals surface area (Å²) in [5.74, 6) is -5.51. The minimum atomic E-state index is -5.08. The molecule has 0 aliphatic carbocycles. The summed E-state index contributed by atoms with van der Waals surface area (Å²) in [5.41, 5.74) is 0. The maximum absolute atomic E-state index is 10.6. The Hall–Kier alpha value is -1.90. The van der Waals surface area contributed by atoms with Gasteiger partial charge in [0.2, 0.25) is 0 Å². The average molecular weight is 508 g/mol. The second-order valence-electron chi connectivity index (χ2n) is 7.62. The number of alkyl halides is 6. The van der Waals surface area contributed by atoms with Gasteiger partial charge < -0.3 is 19.8 Å². The van der Waals surface area contributed by atoms with Crippen molar-refractivity contribution in [2.24, 2.45) is 0 Å². The number of likely N-dealkylation sites (N-methyl/N-ethyl adjacent to an activating group) is 1. The Balaban J connectivity index is 0.000000324. The molecule has 0 radical (unpaired) electrons. The fourth-order valence-corrected chi connectivity index (χ4v) is 4.35. The number of ether oxygens (including phenoxy) is 1. The number of carbonyl (C=O) groups is 2. The Morgan fingerprint density at radius 2 is 1.64 bits per heavy atom. The van der Waals surface area contributed by atoms with Crippen LogP contribution in [0, 0.1) is 6.92 Å². The highest BCUT2D eigenvalue weighted by molar-refractivity contribution is 7.11. The highest BCUT2D eigenvalue weighted by atomic mass is 32.1. The van der Waals surface area contributed by atoms with Gasteiger partial charge in [0.15, 0.2) is 0 Å². The molecule has 3 rings (SSSR count). The van der Waals surface area contributed by atoms with E-state index in [1.807, 2.05) is 11.3 Å². The zero-order valence-electron chi connectivity index (χ0n) is 18.1. The van der Waals surface area contributed by atoms with Crippen molar-refractivity contribution in [3.05, 3.63) is 21.9 Å². The van der Waals surface area contributed by atoms with E-state index in [0.717, 1.165) is 19.7 Å². The summed E-state index contributed by atoms with van der Waals surface area (Å²) in [7, 11) is 4.36. The fraction of sp³-hybridized carbons (Fsp3) is 0.684. The molecule has 2 aliphatic heterocycles. The van der Waals surface area contributed by atoms with Gasteiger partial charge in [0.05, 0.1) is 6.10 Å². The van der Waals surface area contributed by atoms with E-state index in [0.29, 0.717) is 18.2 Å². The molecule has 7 nitrogen and oxygen atoms in total. The lowest BCUT2D eigenvalue weighted by molar-refractivity contribution is -0.193. The first-order valence-corrected chi connectivity index (χ1v) is 10.5. The van der Waals surface area contributed by atoms with E-state index < -0.39 is 24.3 Å². The number of carboxylic acid groups (broad SMARTS) is 2. The SMILES string of the molecule is Cc1ccc(CN2C[C@@H](N(C)C)[C@H]3OCCC[C@H]32)s1.O=C(O)C(F)(F)F.O=C(O)C(F)(F)F. The monoisotopic (exact) mass is 508 g/mol. The van der Waals surface area contributed by atoms with Crippen LogP contribution in [0.5, 0.6) is 0 Å². The largest absolute Gasteiger partial charge is 0.490 e. The summed E-state index contributed by atoms with van der Waals surface area (Å²) >= 11 is 1.93. The van der Waals surface area contributed by atoms with Gasteiger partial charge in [-0.25, -0.2) is 9.59 Å². The molecule has 2 saturated heterocycles. The van der Waals surface area contributed by atoms with E-state index in [1.54, 1.807) is 0 Å². The van der Waals surface area contributed by atoms with Crippen molar-refractivity contribution in [1.29, 1.82) is 0 Å². The van der Waals surface area contributed by atoms with Crippen molar-refractivity contribution in [3.8, 4) is 0 Å². The van der Waals surface area contributed by atoms with Gasteiger partial charge in [-0.2, -0.15) is 26.3 Å². The molecule has 0 spiro atoms. The number of fused-ring (bicyclic) bond motifs is 1. The number of halogens is 6. The molecule has 3 heterocycles. The maximum Gasteiger partial charge on any atom is 0.490 e. The number of hydrogen-bond donors (Lipinski definition) is 2. The first-order valence-electron chi connectivity index (χ1n) is 9.71. The highest BCUT2D eigenvalue weighted by Crippen LogP contribution is 2.32. The Kier molecular flexibility index (Phi) is 10.6. The van der Waals surface area contributed by atoms with Crippen LogP contribution >= 0.6 is 11.3 Å². The minimum absolute atomic E-state index is 0.407. The minimum Gasteiger partial charge on any atom is -0.475 e. The fourth-order valence-electron chi connectivity index (χ4n) is 3.43. The van der Waals surface area contributed by atoms with Crippen molar-refractivity contribution in [2.45, 2.75) is 56.9 Å². The summed E-state index contributed by atoms with van der Waals surface area (Å²) in [5, 5.41) is 14.2. The summed E-state index contributed by atoms with van der Waals surface area (Å²) in [4.78, 5) is 25.7. The number of hydrogen-bond acceptors (Lipinski definition) is 6. The molecular weight excluding hydrogens is 482 g/mol. The number of thiophene rings is 1. The molecule has 0 amide bonds. The van der Waals surface area contributed by atoms with Crippen LogP contribution in [0.15, 0.2) is 12.1 Å². The standard InChI is InChI=1S/C15H24N2OS.2C2HF3O2/c1-11-6-7-12(19-11)9-17-10-14(16(2)3)15-13(17)5-4-8-18-15;2*3-2(4,5)1(6)7/h6-7,13-15H,4-5,8-10H2,1-3H3;2*(H,6,7)/t13-,14-,15+;;/m1../s1. The van der Waals surface area contributed by atoms with Crippen molar-refractivity contribution >= 4 is 23.3 Å². The van der Waals surface area contributed by atoms with E-state index >= 15 is 0 Å². The predicted molar refractivity (Wildman–Crippen MR) is 107 cm³/mol. The van der Waals surface area contributed by atoms with Gasteiger partial charge in [-0.1, -0.05) is 0 Å². The third-order valence-electron chi connectivity index (χ3n) is 4.91. The van der Waals surface area contributed by atoms with Gasteiger partial charge in [-0.3, -0.25) is 4.90 Å². The zero-order chi connectivity index (χ0) is 25.6. The number of nitrogens with zero attached hydrogens (tertiary/aromatic N) is 2. The lowest BCUT2D eigenvalue weighted by atomic mass is 10.0. The molecule has 14 heteroatoms. The van der Waals surface area contributed by atoms with Gasteiger partial charge in [0, 0.05) is 41.5 Å². The molecule has 2 N–H and O–H groups in total. The molecule has 2 aliphatic rings. The lowest BCUT2D eigenvalue weighted by Crippen LogP contribution is -2.45. The van der Waals surface area contributed by atoms with Crippen LogP contribution < -0.4 is 0 Å². The third-order valence-corrected chi connectivity index (χ3v) is 5.89. The average Bonchev–Trinajstić information content (AvgIpc) is 3.25. The van der Waals surface area contributed by atoms with Crippen molar-refractivity contribution in [3.63, 3.8) is 0 Å². The topological polar surface area (TPSA) is 90.3 Å². The second kappa shape index (κ2) is 12.0. The van der Waals surface area contributed by atoms with Gasteiger partial charge in [-0.15, -0.1) is 11.3 Å². The van der Waals surface area contributed by atoms with E-state index in [4.69, 9.17) is 24.5 Å². The number of likely N-dealkylation sites (tertiary alicyclic amines) is 1. The quantitative estimate of drug-likeness (QED) is 0.603. The number of rotatable bonds is 3. The normalized spacial score (nSPS) is 23.2. The molecule has 190 valence electrons. The van der Waals surface area contributed by atoms with Crippen LogP contribution in [0.25, 0.3) is 0 Å². The van der Waals surface area contributed by atoms with Crippen molar-refractivity contribution in [2.75, 3.05) is 27.2 Å². The third kappa shape index (κ3) is 9.47. The first kappa shape index (κ1) is 29.1. The Morgan fingerprint density at radius 1 is 1.12 bits per heavy atom. The van der Waals surface area contributed by atoms with Crippen molar-refractivity contribution in [1.82, 2.24) is 9.80 Å². The van der Waals surface area contributed by atoms with Crippen LogP contribution in [0.3, 0.4) is 0 Å². The molecule has 2 fully saturated rings. The Morgan fingerprint density at radius 3 is 2.03 bits per heavy atom. The van der Waals surface area contributed by atoms with Gasteiger partial charge in [0.25, 0.3) is 0 Å². The summed E-state index contributed by atoms with van der Waals surface area (Å²) < 4.78 is 69.5. The zero-order valence-corrected chi connectivity index (χ0v) is 18.9. The lowest BCUT2D eigenvalue weighted by Gasteiger charge is -2.33. The summed E-state index contributed by atoms with van der Waals surface area (Å²) in [6.45, 7) is 5.36. The second-order valence-corrected chi connectivity index (χ2v) is 9.00. The molecule has 1 aromatic rings. The molecule has 3 atom stereocenters. The maximum atomic E-state index is 10.6. The van der Waals surface area contributed by atoms with Crippen LogP contribution in [0.1, 0.15) is 22.6 Å². The molecular formula is C19H26F6N2O5S.